The van der Waals surface area contributed by atoms with Crippen LogP contribution in [-0.4, -0.2) is 9.97 Å². The topological polar surface area (TPSA) is 37.8 Å². The highest BCUT2D eigenvalue weighted by Gasteiger charge is 2.00. The molecule has 1 aromatic carbocycles. The first-order chi connectivity index (χ1) is 7.79. The Balaban J connectivity index is 2.18. The molecule has 0 fully saturated rings. The van der Waals surface area contributed by atoms with Gasteiger partial charge in [-0.05, 0) is 24.6 Å². The number of aryl methyl sites for hydroxylation is 1. The molecule has 0 amide bonds. The number of rotatable bonds is 3. The fraction of sp³-hybridized carbons (Fsp3) is 0.167. The zero-order valence-corrected chi connectivity index (χ0v) is 9.70. The van der Waals surface area contributed by atoms with E-state index in [1.807, 2.05) is 31.2 Å². The lowest BCUT2D eigenvalue weighted by Gasteiger charge is -2.07. The Morgan fingerprint density at radius 1 is 1.12 bits per heavy atom. The van der Waals surface area contributed by atoms with Crippen LogP contribution < -0.4 is 5.32 Å². The summed E-state index contributed by atoms with van der Waals surface area (Å²) in [5.74, 6) is 1.31. The monoisotopic (exact) mass is 233 g/mol. The van der Waals surface area contributed by atoms with Crippen LogP contribution in [0.5, 0.6) is 0 Å². The van der Waals surface area contributed by atoms with E-state index < -0.39 is 0 Å². The molecule has 0 aliphatic heterocycles. The van der Waals surface area contributed by atoms with Crippen molar-refractivity contribution in [3.63, 3.8) is 0 Å². The van der Waals surface area contributed by atoms with Crippen molar-refractivity contribution in [3.8, 4) is 0 Å². The number of alkyl halides is 1. The zero-order valence-electron chi connectivity index (χ0n) is 8.94. The maximum Gasteiger partial charge on any atom is 0.151 e. The number of anilines is 2. The number of nitrogens with zero attached hydrogens (tertiary/aromatic N) is 2. The Morgan fingerprint density at radius 2 is 1.81 bits per heavy atom. The number of benzene rings is 1. The molecule has 2 rings (SSSR count). The second-order valence-corrected chi connectivity index (χ2v) is 3.71. The van der Waals surface area contributed by atoms with Gasteiger partial charge in [0.15, 0.2) is 5.82 Å². The first-order valence-corrected chi connectivity index (χ1v) is 5.52. The Labute approximate surface area is 99.5 Å². The summed E-state index contributed by atoms with van der Waals surface area (Å²) >= 11 is 5.72. The van der Waals surface area contributed by atoms with Crippen molar-refractivity contribution in [3.05, 3.63) is 47.9 Å². The fourth-order valence-corrected chi connectivity index (χ4v) is 1.52. The third kappa shape index (κ3) is 2.49. The predicted molar refractivity (Wildman–Crippen MR) is 66.1 cm³/mol. The van der Waals surface area contributed by atoms with E-state index in [2.05, 4.69) is 15.3 Å². The molecule has 1 N–H and O–H groups in total. The van der Waals surface area contributed by atoms with Crippen LogP contribution in [0.4, 0.5) is 11.5 Å². The van der Waals surface area contributed by atoms with E-state index in [1.165, 1.54) is 0 Å². The SMILES string of the molecule is Cc1nccnc1Nc1ccc(CCl)cc1. The minimum atomic E-state index is 0.532. The maximum absolute atomic E-state index is 5.72. The van der Waals surface area contributed by atoms with E-state index in [4.69, 9.17) is 11.6 Å². The van der Waals surface area contributed by atoms with Gasteiger partial charge in [-0.2, -0.15) is 0 Å². The second-order valence-electron chi connectivity index (χ2n) is 3.45. The molecule has 82 valence electrons. The molecular weight excluding hydrogens is 222 g/mol. The summed E-state index contributed by atoms with van der Waals surface area (Å²) in [5.41, 5.74) is 2.96. The Morgan fingerprint density at radius 3 is 2.44 bits per heavy atom. The van der Waals surface area contributed by atoms with E-state index in [0.29, 0.717) is 5.88 Å². The van der Waals surface area contributed by atoms with Crippen molar-refractivity contribution in [2.24, 2.45) is 0 Å². The molecule has 0 unspecified atom stereocenters. The number of aromatic nitrogens is 2. The first-order valence-electron chi connectivity index (χ1n) is 4.99. The van der Waals surface area contributed by atoms with Crippen LogP contribution in [0.15, 0.2) is 36.7 Å². The van der Waals surface area contributed by atoms with Gasteiger partial charge in [0, 0.05) is 24.0 Å². The normalized spacial score (nSPS) is 10.1. The van der Waals surface area contributed by atoms with Gasteiger partial charge in [-0.25, -0.2) is 4.98 Å². The Kier molecular flexibility index (Phi) is 3.37. The Bertz CT molecular complexity index is 468. The Hall–Kier alpha value is -1.61. The van der Waals surface area contributed by atoms with Crippen LogP contribution in [0.3, 0.4) is 0 Å². The van der Waals surface area contributed by atoms with Crippen molar-refractivity contribution < 1.29 is 0 Å². The van der Waals surface area contributed by atoms with Gasteiger partial charge in [-0.1, -0.05) is 12.1 Å². The lowest BCUT2D eigenvalue weighted by Crippen LogP contribution is -1.97. The molecule has 0 aliphatic carbocycles. The van der Waals surface area contributed by atoms with Crippen molar-refractivity contribution in [2.75, 3.05) is 5.32 Å². The van der Waals surface area contributed by atoms with Gasteiger partial charge in [0.1, 0.15) is 0 Å². The number of hydrogen-bond acceptors (Lipinski definition) is 3. The second kappa shape index (κ2) is 4.94. The predicted octanol–water partition coefficient (Wildman–Crippen LogP) is 3.27. The summed E-state index contributed by atoms with van der Waals surface area (Å²) in [5, 5.41) is 3.21. The molecule has 0 bridgehead atoms. The minimum absolute atomic E-state index is 0.532. The van der Waals surface area contributed by atoms with Crippen LogP contribution in [0.1, 0.15) is 11.3 Å². The zero-order chi connectivity index (χ0) is 11.4. The van der Waals surface area contributed by atoms with E-state index in [0.717, 1.165) is 22.8 Å². The van der Waals surface area contributed by atoms with Gasteiger partial charge < -0.3 is 5.32 Å². The average Bonchev–Trinajstić information content (AvgIpc) is 2.33. The molecule has 1 heterocycles. The fourth-order valence-electron chi connectivity index (χ4n) is 1.34. The van der Waals surface area contributed by atoms with Crippen molar-refractivity contribution in [1.82, 2.24) is 9.97 Å². The van der Waals surface area contributed by atoms with Gasteiger partial charge in [0.25, 0.3) is 0 Å². The summed E-state index contributed by atoms with van der Waals surface area (Å²) in [4.78, 5) is 8.38. The van der Waals surface area contributed by atoms with E-state index >= 15 is 0 Å². The molecule has 1 aromatic heterocycles. The summed E-state index contributed by atoms with van der Waals surface area (Å²) in [6, 6.07) is 7.93. The summed E-state index contributed by atoms with van der Waals surface area (Å²) in [7, 11) is 0. The number of halogens is 1. The van der Waals surface area contributed by atoms with E-state index in [1.54, 1.807) is 12.4 Å². The molecule has 0 saturated carbocycles. The molecule has 3 nitrogen and oxygen atoms in total. The molecule has 2 aromatic rings. The van der Waals surface area contributed by atoms with Crippen LogP contribution in [0.25, 0.3) is 0 Å². The highest BCUT2D eigenvalue weighted by Crippen LogP contribution is 2.17. The first kappa shape index (κ1) is 10.9. The van der Waals surface area contributed by atoms with E-state index in [9.17, 15) is 0 Å². The third-order valence-corrected chi connectivity index (χ3v) is 2.56. The molecule has 0 spiro atoms. The third-order valence-electron chi connectivity index (χ3n) is 2.25. The molecule has 0 aliphatic rings. The summed E-state index contributed by atoms with van der Waals surface area (Å²) in [6.45, 7) is 1.92. The summed E-state index contributed by atoms with van der Waals surface area (Å²) in [6.07, 6.45) is 3.35. The lowest BCUT2D eigenvalue weighted by atomic mass is 10.2. The number of hydrogen-bond donors (Lipinski definition) is 1. The maximum atomic E-state index is 5.72. The van der Waals surface area contributed by atoms with Crippen molar-refractivity contribution in [1.29, 1.82) is 0 Å². The van der Waals surface area contributed by atoms with E-state index in [-0.39, 0.29) is 0 Å². The van der Waals surface area contributed by atoms with Gasteiger partial charge in [-0.3, -0.25) is 4.98 Å². The van der Waals surface area contributed by atoms with Crippen molar-refractivity contribution >= 4 is 23.1 Å². The lowest BCUT2D eigenvalue weighted by molar-refractivity contribution is 1.12. The van der Waals surface area contributed by atoms with Crippen LogP contribution in [0.2, 0.25) is 0 Å². The molecule has 0 atom stereocenters. The number of nitrogens with one attached hydrogen (secondary N) is 1. The largest absolute Gasteiger partial charge is 0.339 e. The molecule has 0 saturated heterocycles. The minimum Gasteiger partial charge on any atom is -0.339 e. The molecule has 0 radical (unpaired) electrons. The molecule has 4 heteroatoms. The van der Waals surface area contributed by atoms with Crippen LogP contribution in [0, 0.1) is 6.92 Å². The van der Waals surface area contributed by atoms with Gasteiger partial charge >= 0.3 is 0 Å². The van der Waals surface area contributed by atoms with Crippen LogP contribution in [-0.2, 0) is 5.88 Å². The molecule has 16 heavy (non-hydrogen) atoms. The highest BCUT2D eigenvalue weighted by molar-refractivity contribution is 6.17. The summed E-state index contributed by atoms with van der Waals surface area (Å²) < 4.78 is 0. The quantitative estimate of drug-likeness (QED) is 0.827. The molecular formula is C12H12ClN3. The average molecular weight is 234 g/mol. The van der Waals surface area contributed by atoms with Crippen molar-refractivity contribution in [2.45, 2.75) is 12.8 Å². The van der Waals surface area contributed by atoms with Gasteiger partial charge in [-0.15, -0.1) is 11.6 Å². The smallest absolute Gasteiger partial charge is 0.151 e. The van der Waals surface area contributed by atoms with Gasteiger partial charge in [0.2, 0.25) is 0 Å². The van der Waals surface area contributed by atoms with Crippen LogP contribution >= 0.6 is 11.6 Å². The highest BCUT2D eigenvalue weighted by atomic mass is 35.5. The standard InChI is InChI=1S/C12H12ClN3/c1-9-12(15-7-6-14-9)16-11-4-2-10(8-13)3-5-11/h2-7H,8H2,1H3,(H,15,16). The van der Waals surface area contributed by atoms with Gasteiger partial charge in [0.05, 0.1) is 5.69 Å².